The Hall–Kier alpha value is -1.06. The molecule has 1 unspecified atom stereocenters. The van der Waals surface area contributed by atoms with Crippen LogP contribution in [-0.2, 0) is 11.2 Å². The zero-order valence-electron chi connectivity index (χ0n) is 10.6. The van der Waals surface area contributed by atoms with Crippen LogP contribution in [0.3, 0.4) is 0 Å². The van der Waals surface area contributed by atoms with Crippen molar-refractivity contribution < 1.29 is 4.79 Å². The number of benzene rings is 1. The van der Waals surface area contributed by atoms with Crippen molar-refractivity contribution in [2.24, 2.45) is 5.92 Å². The average Bonchev–Trinajstić information content (AvgIpc) is 2.27. The van der Waals surface area contributed by atoms with E-state index in [4.69, 9.17) is 11.6 Å². The molecule has 1 saturated heterocycles. The SMILES string of the molecule is CC(Cc1ccccc1Cl)NC(=O)CC1CNC1. The van der Waals surface area contributed by atoms with E-state index in [9.17, 15) is 4.79 Å². The van der Waals surface area contributed by atoms with Crippen molar-refractivity contribution in [1.29, 1.82) is 0 Å². The summed E-state index contributed by atoms with van der Waals surface area (Å²) in [5, 5.41) is 6.96. The van der Waals surface area contributed by atoms with Gasteiger partial charge in [0.2, 0.25) is 5.91 Å². The second-order valence-corrected chi connectivity index (χ2v) is 5.40. The Balaban J connectivity index is 1.79. The molecule has 2 rings (SSSR count). The van der Waals surface area contributed by atoms with Crippen molar-refractivity contribution >= 4 is 17.5 Å². The van der Waals surface area contributed by atoms with Gasteiger partial charge in [0.05, 0.1) is 0 Å². The molecule has 1 aliphatic heterocycles. The fraction of sp³-hybridized carbons (Fsp3) is 0.500. The maximum atomic E-state index is 11.8. The summed E-state index contributed by atoms with van der Waals surface area (Å²) in [7, 11) is 0. The van der Waals surface area contributed by atoms with E-state index in [2.05, 4.69) is 10.6 Å². The summed E-state index contributed by atoms with van der Waals surface area (Å²) in [5.74, 6) is 0.651. The molecule has 1 aromatic rings. The number of carbonyl (C=O) groups is 1. The largest absolute Gasteiger partial charge is 0.353 e. The summed E-state index contributed by atoms with van der Waals surface area (Å²) in [5.41, 5.74) is 1.08. The zero-order valence-corrected chi connectivity index (χ0v) is 11.3. The van der Waals surface area contributed by atoms with E-state index in [1.165, 1.54) is 0 Å². The van der Waals surface area contributed by atoms with Gasteiger partial charge in [0.1, 0.15) is 0 Å². The highest BCUT2D eigenvalue weighted by molar-refractivity contribution is 6.31. The van der Waals surface area contributed by atoms with Gasteiger partial charge in [0, 0.05) is 17.5 Å². The molecule has 0 aromatic heterocycles. The predicted octanol–water partition coefficient (Wildman–Crippen LogP) is 2.00. The van der Waals surface area contributed by atoms with Crippen LogP contribution in [0.15, 0.2) is 24.3 Å². The van der Waals surface area contributed by atoms with Crippen LogP contribution in [0, 0.1) is 5.92 Å². The second kappa shape index (κ2) is 6.21. The first kappa shape index (κ1) is 13.4. The lowest BCUT2D eigenvalue weighted by molar-refractivity contribution is -0.122. The molecule has 1 atom stereocenters. The minimum absolute atomic E-state index is 0.116. The predicted molar refractivity (Wildman–Crippen MR) is 73.7 cm³/mol. The van der Waals surface area contributed by atoms with Crippen LogP contribution in [0.25, 0.3) is 0 Å². The van der Waals surface area contributed by atoms with Gasteiger partial charge in [-0.05, 0) is 44.0 Å². The molecule has 4 heteroatoms. The molecule has 0 saturated carbocycles. The number of carbonyl (C=O) groups excluding carboxylic acids is 1. The van der Waals surface area contributed by atoms with E-state index in [-0.39, 0.29) is 11.9 Å². The molecule has 1 heterocycles. The number of nitrogens with one attached hydrogen (secondary N) is 2. The van der Waals surface area contributed by atoms with E-state index in [0.29, 0.717) is 12.3 Å². The van der Waals surface area contributed by atoms with E-state index in [0.717, 1.165) is 30.1 Å². The summed E-state index contributed by atoms with van der Waals surface area (Å²) in [6, 6.07) is 7.88. The number of hydrogen-bond acceptors (Lipinski definition) is 2. The topological polar surface area (TPSA) is 41.1 Å². The number of rotatable bonds is 5. The van der Waals surface area contributed by atoms with Crippen molar-refractivity contribution in [2.75, 3.05) is 13.1 Å². The highest BCUT2D eigenvalue weighted by atomic mass is 35.5. The number of halogens is 1. The molecular weight excluding hydrogens is 248 g/mol. The summed E-state index contributed by atoms with van der Waals surface area (Å²) < 4.78 is 0. The van der Waals surface area contributed by atoms with Gasteiger partial charge >= 0.3 is 0 Å². The Morgan fingerprint density at radius 3 is 2.83 bits per heavy atom. The van der Waals surface area contributed by atoms with Crippen molar-refractivity contribution in [3.8, 4) is 0 Å². The van der Waals surface area contributed by atoms with Gasteiger partial charge in [-0.1, -0.05) is 29.8 Å². The molecule has 1 aliphatic rings. The van der Waals surface area contributed by atoms with E-state index in [1.807, 2.05) is 31.2 Å². The molecule has 0 aliphatic carbocycles. The lowest BCUT2D eigenvalue weighted by Gasteiger charge is -2.27. The van der Waals surface area contributed by atoms with Gasteiger partial charge in [-0.15, -0.1) is 0 Å². The Morgan fingerprint density at radius 2 is 2.22 bits per heavy atom. The summed E-state index contributed by atoms with van der Waals surface area (Å²) in [6.45, 7) is 3.94. The van der Waals surface area contributed by atoms with Gasteiger partial charge in [-0.2, -0.15) is 0 Å². The Bertz CT molecular complexity index is 418. The molecule has 98 valence electrons. The lowest BCUT2D eigenvalue weighted by Crippen LogP contribution is -2.45. The van der Waals surface area contributed by atoms with Crippen molar-refractivity contribution in [3.05, 3.63) is 34.9 Å². The molecule has 1 fully saturated rings. The van der Waals surface area contributed by atoms with Gasteiger partial charge < -0.3 is 10.6 Å². The quantitative estimate of drug-likeness (QED) is 0.856. The van der Waals surface area contributed by atoms with Crippen LogP contribution in [0.1, 0.15) is 18.9 Å². The van der Waals surface area contributed by atoms with Crippen LogP contribution in [-0.4, -0.2) is 25.0 Å². The molecule has 2 N–H and O–H groups in total. The van der Waals surface area contributed by atoms with Crippen LogP contribution in [0.2, 0.25) is 5.02 Å². The van der Waals surface area contributed by atoms with Crippen molar-refractivity contribution in [3.63, 3.8) is 0 Å². The first-order valence-corrected chi connectivity index (χ1v) is 6.76. The van der Waals surface area contributed by atoms with E-state index in [1.54, 1.807) is 0 Å². The summed E-state index contributed by atoms with van der Waals surface area (Å²) >= 11 is 6.10. The normalized spacial score (nSPS) is 17.0. The minimum atomic E-state index is 0.116. The summed E-state index contributed by atoms with van der Waals surface area (Å²) in [4.78, 5) is 11.8. The first-order chi connectivity index (χ1) is 8.65. The number of hydrogen-bond donors (Lipinski definition) is 2. The Labute approximate surface area is 113 Å². The smallest absolute Gasteiger partial charge is 0.220 e. The highest BCUT2D eigenvalue weighted by Crippen LogP contribution is 2.16. The molecule has 1 amide bonds. The maximum absolute atomic E-state index is 11.8. The zero-order chi connectivity index (χ0) is 13.0. The molecule has 0 radical (unpaired) electrons. The molecule has 0 spiro atoms. The number of amides is 1. The lowest BCUT2D eigenvalue weighted by atomic mass is 9.98. The van der Waals surface area contributed by atoms with E-state index < -0.39 is 0 Å². The molecule has 3 nitrogen and oxygen atoms in total. The van der Waals surface area contributed by atoms with Gasteiger partial charge in [-0.3, -0.25) is 4.79 Å². The first-order valence-electron chi connectivity index (χ1n) is 6.38. The third-order valence-corrected chi connectivity index (χ3v) is 3.60. The molecule has 1 aromatic carbocycles. The van der Waals surface area contributed by atoms with Crippen LogP contribution >= 0.6 is 11.6 Å². The van der Waals surface area contributed by atoms with Gasteiger partial charge in [-0.25, -0.2) is 0 Å². The van der Waals surface area contributed by atoms with Gasteiger partial charge in [0.15, 0.2) is 0 Å². The highest BCUT2D eigenvalue weighted by Gasteiger charge is 2.20. The minimum Gasteiger partial charge on any atom is -0.353 e. The third kappa shape index (κ3) is 3.72. The van der Waals surface area contributed by atoms with Gasteiger partial charge in [0.25, 0.3) is 0 Å². The van der Waals surface area contributed by atoms with Crippen LogP contribution in [0.4, 0.5) is 0 Å². The third-order valence-electron chi connectivity index (χ3n) is 3.23. The maximum Gasteiger partial charge on any atom is 0.220 e. The standard InChI is InChI=1S/C14H19ClN2O/c1-10(6-12-4-2-3-5-13(12)15)17-14(18)7-11-8-16-9-11/h2-5,10-11,16H,6-9H2,1H3,(H,17,18). The monoisotopic (exact) mass is 266 g/mol. The van der Waals surface area contributed by atoms with Crippen molar-refractivity contribution in [1.82, 2.24) is 10.6 Å². The fourth-order valence-electron chi connectivity index (χ4n) is 2.13. The Kier molecular flexibility index (Phi) is 4.61. The Morgan fingerprint density at radius 1 is 1.50 bits per heavy atom. The van der Waals surface area contributed by atoms with E-state index >= 15 is 0 Å². The molecular formula is C14H19ClN2O. The average molecular weight is 267 g/mol. The summed E-state index contributed by atoms with van der Waals surface area (Å²) in [6.07, 6.45) is 1.40. The second-order valence-electron chi connectivity index (χ2n) is 4.99. The van der Waals surface area contributed by atoms with Crippen LogP contribution in [0.5, 0.6) is 0 Å². The van der Waals surface area contributed by atoms with Crippen LogP contribution < -0.4 is 10.6 Å². The van der Waals surface area contributed by atoms with Crippen molar-refractivity contribution in [2.45, 2.75) is 25.8 Å². The molecule has 18 heavy (non-hydrogen) atoms. The fourth-order valence-corrected chi connectivity index (χ4v) is 2.35. The molecule has 0 bridgehead atoms.